The largest absolute Gasteiger partial charge is 0.490 e. The Labute approximate surface area is 193 Å². The van der Waals surface area contributed by atoms with Crippen molar-refractivity contribution in [2.45, 2.75) is 31.1 Å². The molecule has 0 unspecified atom stereocenters. The van der Waals surface area contributed by atoms with E-state index in [1.807, 2.05) is 0 Å². The molecular formula is C21H27N3O7S2. The summed E-state index contributed by atoms with van der Waals surface area (Å²) >= 11 is 0. The smallest absolute Gasteiger partial charge is 0.240 e. The standard InChI is InChI=1S/C21H27N3O7S2/c1-2-14-32(26,27)24-17-6-4-16(5-7-17)23-21(25)10-11-22-33(28,29)18-8-9-19-20(15-18)31-13-3-12-30-19/h4-9,15,22,24H,2-3,10-14H2,1H3,(H,23,25). The number of fused-ring (bicyclic) bond motifs is 1. The highest BCUT2D eigenvalue weighted by molar-refractivity contribution is 7.92. The molecule has 0 saturated heterocycles. The van der Waals surface area contributed by atoms with Gasteiger partial charge in [0.1, 0.15) is 0 Å². The molecule has 33 heavy (non-hydrogen) atoms. The van der Waals surface area contributed by atoms with Crippen LogP contribution in [0, 0.1) is 0 Å². The van der Waals surface area contributed by atoms with Gasteiger partial charge >= 0.3 is 0 Å². The summed E-state index contributed by atoms with van der Waals surface area (Å²) in [6, 6.07) is 10.6. The molecule has 0 aromatic heterocycles. The summed E-state index contributed by atoms with van der Waals surface area (Å²) in [7, 11) is -7.23. The number of sulfonamides is 2. The molecule has 0 bridgehead atoms. The zero-order chi connectivity index (χ0) is 23.9. The third-order valence-corrected chi connectivity index (χ3v) is 7.54. The summed E-state index contributed by atoms with van der Waals surface area (Å²) in [5.74, 6) is 0.493. The Morgan fingerprint density at radius 3 is 2.30 bits per heavy atom. The predicted molar refractivity (Wildman–Crippen MR) is 125 cm³/mol. The molecule has 0 atom stereocenters. The van der Waals surface area contributed by atoms with Gasteiger partial charge < -0.3 is 14.8 Å². The summed E-state index contributed by atoms with van der Waals surface area (Å²) in [5, 5.41) is 2.64. The number of hydrogen-bond donors (Lipinski definition) is 3. The van der Waals surface area contributed by atoms with Crippen LogP contribution < -0.4 is 24.2 Å². The minimum atomic E-state index is -3.83. The van der Waals surface area contributed by atoms with Crippen LogP contribution >= 0.6 is 0 Å². The summed E-state index contributed by atoms with van der Waals surface area (Å²) in [6.45, 7) is 2.62. The lowest BCUT2D eigenvalue weighted by Crippen LogP contribution is -2.27. The Morgan fingerprint density at radius 2 is 1.61 bits per heavy atom. The second kappa shape index (κ2) is 10.9. The first-order valence-corrected chi connectivity index (χ1v) is 13.6. The first kappa shape index (κ1) is 24.8. The van der Waals surface area contributed by atoms with E-state index in [0.717, 1.165) is 0 Å². The van der Waals surface area contributed by atoms with E-state index in [9.17, 15) is 21.6 Å². The van der Waals surface area contributed by atoms with E-state index in [4.69, 9.17) is 9.47 Å². The molecule has 0 spiro atoms. The van der Waals surface area contributed by atoms with E-state index in [1.165, 1.54) is 24.3 Å². The molecule has 2 aromatic carbocycles. The van der Waals surface area contributed by atoms with Gasteiger partial charge in [0.2, 0.25) is 26.0 Å². The van der Waals surface area contributed by atoms with Gasteiger partial charge in [0.15, 0.2) is 11.5 Å². The van der Waals surface area contributed by atoms with Crippen LogP contribution in [0.4, 0.5) is 11.4 Å². The van der Waals surface area contributed by atoms with Gasteiger partial charge in [-0.25, -0.2) is 21.6 Å². The molecule has 1 amide bonds. The van der Waals surface area contributed by atoms with E-state index < -0.39 is 26.0 Å². The minimum Gasteiger partial charge on any atom is -0.490 e. The molecule has 1 heterocycles. The molecule has 3 N–H and O–H groups in total. The summed E-state index contributed by atoms with van der Waals surface area (Å²) < 4.78 is 64.6. The van der Waals surface area contributed by atoms with Gasteiger partial charge in [-0.05, 0) is 42.8 Å². The van der Waals surface area contributed by atoms with Crippen molar-refractivity contribution in [2.75, 3.05) is 35.6 Å². The van der Waals surface area contributed by atoms with Crippen molar-refractivity contribution in [3.8, 4) is 11.5 Å². The zero-order valence-electron chi connectivity index (χ0n) is 18.2. The number of amides is 1. The molecule has 0 radical (unpaired) electrons. The van der Waals surface area contributed by atoms with Gasteiger partial charge in [-0.1, -0.05) is 6.92 Å². The fraction of sp³-hybridized carbons (Fsp3) is 0.381. The van der Waals surface area contributed by atoms with Crippen LogP contribution in [0.15, 0.2) is 47.4 Å². The average Bonchev–Trinajstić information content (AvgIpc) is 2.99. The number of anilines is 2. The van der Waals surface area contributed by atoms with E-state index in [-0.39, 0.29) is 23.6 Å². The quantitative estimate of drug-likeness (QED) is 0.458. The maximum Gasteiger partial charge on any atom is 0.240 e. The molecule has 12 heteroatoms. The predicted octanol–water partition coefficient (Wildman–Crippen LogP) is 2.31. The second-order valence-electron chi connectivity index (χ2n) is 7.35. The number of ether oxygens (including phenoxy) is 2. The maximum absolute atomic E-state index is 12.5. The first-order valence-electron chi connectivity index (χ1n) is 10.5. The Morgan fingerprint density at radius 1 is 0.939 bits per heavy atom. The van der Waals surface area contributed by atoms with Gasteiger partial charge in [-0.2, -0.15) is 0 Å². The highest BCUT2D eigenvalue weighted by Gasteiger charge is 2.19. The molecule has 0 fully saturated rings. The highest BCUT2D eigenvalue weighted by Crippen LogP contribution is 2.31. The van der Waals surface area contributed by atoms with Gasteiger partial charge in [0.25, 0.3) is 0 Å². The average molecular weight is 498 g/mol. The Bertz CT molecular complexity index is 1180. The number of rotatable bonds is 10. The summed E-state index contributed by atoms with van der Waals surface area (Å²) in [6.07, 6.45) is 1.12. The first-order chi connectivity index (χ1) is 15.7. The summed E-state index contributed by atoms with van der Waals surface area (Å²) in [4.78, 5) is 12.2. The van der Waals surface area contributed by atoms with Crippen molar-refractivity contribution in [3.63, 3.8) is 0 Å². The monoisotopic (exact) mass is 497 g/mol. The van der Waals surface area contributed by atoms with Crippen LogP contribution in [0.25, 0.3) is 0 Å². The molecule has 3 rings (SSSR count). The van der Waals surface area contributed by atoms with Crippen LogP contribution in [-0.4, -0.2) is 48.3 Å². The van der Waals surface area contributed by atoms with E-state index in [1.54, 1.807) is 25.1 Å². The molecule has 180 valence electrons. The fourth-order valence-electron chi connectivity index (χ4n) is 3.04. The highest BCUT2D eigenvalue weighted by atomic mass is 32.2. The zero-order valence-corrected chi connectivity index (χ0v) is 19.8. The third-order valence-electron chi connectivity index (χ3n) is 4.59. The Kier molecular flexibility index (Phi) is 8.16. The van der Waals surface area contributed by atoms with Crippen molar-refractivity contribution < 1.29 is 31.1 Å². The maximum atomic E-state index is 12.5. The lowest BCUT2D eigenvalue weighted by Gasteiger charge is -2.11. The van der Waals surface area contributed by atoms with Crippen molar-refractivity contribution in [1.82, 2.24) is 4.72 Å². The topological polar surface area (TPSA) is 140 Å². The van der Waals surface area contributed by atoms with Gasteiger partial charge in [-0.3, -0.25) is 9.52 Å². The fourth-order valence-corrected chi connectivity index (χ4v) is 5.22. The van der Waals surface area contributed by atoms with Crippen LogP contribution in [-0.2, 0) is 24.8 Å². The van der Waals surface area contributed by atoms with Crippen LogP contribution in [0.2, 0.25) is 0 Å². The number of carbonyl (C=O) groups excluding carboxylic acids is 1. The number of hydrogen-bond acceptors (Lipinski definition) is 7. The van der Waals surface area contributed by atoms with Crippen molar-refractivity contribution in [1.29, 1.82) is 0 Å². The number of benzene rings is 2. The molecule has 2 aromatic rings. The van der Waals surface area contributed by atoms with Crippen LogP contribution in [0.1, 0.15) is 26.2 Å². The van der Waals surface area contributed by atoms with Crippen molar-refractivity contribution >= 4 is 37.3 Å². The number of carbonyl (C=O) groups is 1. The Balaban J connectivity index is 1.50. The Hall–Kier alpha value is -2.83. The van der Waals surface area contributed by atoms with Crippen LogP contribution in [0.3, 0.4) is 0 Å². The van der Waals surface area contributed by atoms with E-state index in [0.29, 0.717) is 48.9 Å². The van der Waals surface area contributed by atoms with Crippen LogP contribution in [0.5, 0.6) is 11.5 Å². The van der Waals surface area contributed by atoms with Crippen molar-refractivity contribution in [2.24, 2.45) is 0 Å². The minimum absolute atomic E-state index is 0.0215. The molecule has 0 aliphatic carbocycles. The lowest BCUT2D eigenvalue weighted by molar-refractivity contribution is -0.116. The SMILES string of the molecule is CCCS(=O)(=O)Nc1ccc(NC(=O)CCNS(=O)(=O)c2ccc3c(c2)OCCCO3)cc1. The van der Waals surface area contributed by atoms with Gasteiger partial charge in [0, 0.05) is 36.8 Å². The van der Waals surface area contributed by atoms with Crippen molar-refractivity contribution in [3.05, 3.63) is 42.5 Å². The van der Waals surface area contributed by atoms with E-state index in [2.05, 4.69) is 14.8 Å². The molecule has 0 saturated carbocycles. The third kappa shape index (κ3) is 7.34. The number of nitrogens with one attached hydrogen (secondary N) is 3. The lowest BCUT2D eigenvalue weighted by atomic mass is 10.3. The molecule has 10 nitrogen and oxygen atoms in total. The molecule has 1 aliphatic heterocycles. The molecular weight excluding hydrogens is 470 g/mol. The second-order valence-corrected chi connectivity index (χ2v) is 11.0. The summed E-state index contributed by atoms with van der Waals surface area (Å²) in [5.41, 5.74) is 0.855. The van der Waals surface area contributed by atoms with Gasteiger partial charge in [0.05, 0.1) is 23.9 Å². The van der Waals surface area contributed by atoms with Gasteiger partial charge in [-0.15, -0.1) is 0 Å². The normalized spacial score (nSPS) is 13.7. The molecule has 1 aliphatic rings. The van der Waals surface area contributed by atoms with E-state index >= 15 is 0 Å².